The Kier molecular flexibility index (Phi) is 7.13. The van der Waals surface area contributed by atoms with Crippen molar-refractivity contribution < 1.29 is 13.9 Å². The summed E-state index contributed by atoms with van der Waals surface area (Å²) in [7, 11) is 3.19. The summed E-state index contributed by atoms with van der Waals surface area (Å²) in [5.74, 6) is 1.45. The second kappa shape index (κ2) is 9.97. The highest BCUT2D eigenvalue weighted by Crippen LogP contribution is 2.29. The Balaban J connectivity index is 1.43. The minimum absolute atomic E-state index is 0.204. The number of methoxy groups -OCH3 is 2. The average Bonchev–Trinajstić information content (AvgIpc) is 2.74. The van der Waals surface area contributed by atoms with Crippen LogP contribution in [0.3, 0.4) is 0 Å². The van der Waals surface area contributed by atoms with Gasteiger partial charge in [-0.05, 0) is 36.4 Å². The predicted molar refractivity (Wildman–Crippen MR) is 115 cm³/mol. The fourth-order valence-corrected chi connectivity index (χ4v) is 3.29. The summed E-state index contributed by atoms with van der Waals surface area (Å²) in [6.45, 7) is 5.16. The van der Waals surface area contributed by atoms with E-state index in [4.69, 9.17) is 15.2 Å². The summed E-state index contributed by atoms with van der Waals surface area (Å²) in [5, 5.41) is 3.07. The molecule has 3 N–H and O–H groups in total. The summed E-state index contributed by atoms with van der Waals surface area (Å²) < 4.78 is 23.6. The Morgan fingerprint density at radius 2 is 1.72 bits per heavy atom. The van der Waals surface area contributed by atoms with Gasteiger partial charge in [0.25, 0.3) is 0 Å². The van der Waals surface area contributed by atoms with Gasteiger partial charge in [-0.3, -0.25) is 9.89 Å². The van der Waals surface area contributed by atoms with Crippen molar-refractivity contribution in [2.45, 2.75) is 0 Å². The molecular formula is C21H28FN5O2. The quantitative estimate of drug-likeness (QED) is 0.548. The van der Waals surface area contributed by atoms with Gasteiger partial charge in [-0.15, -0.1) is 0 Å². The number of piperazine rings is 1. The van der Waals surface area contributed by atoms with Crippen molar-refractivity contribution in [3.8, 4) is 11.5 Å². The first kappa shape index (κ1) is 20.7. The van der Waals surface area contributed by atoms with Crippen LogP contribution in [0.5, 0.6) is 11.5 Å². The van der Waals surface area contributed by atoms with Gasteiger partial charge in [0.2, 0.25) is 0 Å². The lowest BCUT2D eigenvalue weighted by molar-refractivity contribution is 0.265. The first-order chi connectivity index (χ1) is 14.1. The maximum Gasteiger partial charge on any atom is 0.193 e. The lowest BCUT2D eigenvalue weighted by Crippen LogP contribution is -2.47. The van der Waals surface area contributed by atoms with Crippen LogP contribution in [0, 0.1) is 5.82 Å². The van der Waals surface area contributed by atoms with Gasteiger partial charge in [-0.2, -0.15) is 0 Å². The molecule has 1 aliphatic rings. The van der Waals surface area contributed by atoms with E-state index in [1.807, 2.05) is 30.3 Å². The second-order valence-electron chi connectivity index (χ2n) is 6.77. The molecule has 29 heavy (non-hydrogen) atoms. The molecule has 1 heterocycles. The third-order valence-corrected chi connectivity index (χ3v) is 4.92. The second-order valence-corrected chi connectivity index (χ2v) is 6.77. The van der Waals surface area contributed by atoms with E-state index >= 15 is 0 Å². The molecule has 0 aromatic heterocycles. The summed E-state index contributed by atoms with van der Waals surface area (Å²) >= 11 is 0. The van der Waals surface area contributed by atoms with Crippen LogP contribution in [0.2, 0.25) is 0 Å². The highest BCUT2D eigenvalue weighted by molar-refractivity contribution is 5.92. The fourth-order valence-electron chi connectivity index (χ4n) is 3.29. The van der Waals surface area contributed by atoms with E-state index in [0.717, 1.165) is 44.1 Å². The van der Waals surface area contributed by atoms with Gasteiger partial charge in [0, 0.05) is 50.2 Å². The molecule has 0 unspecified atom stereocenters. The maximum absolute atomic E-state index is 13.1. The minimum atomic E-state index is -0.204. The molecule has 0 radical (unpaired) electrons. The zero-order chi connectivity index (χ0) is 20.6. The SMILES string of the molecule is COc1ccc(NC(N)=NCCN2CCN(c3ccc(F)cc3)CC2)cc1OC. The number of ether oxygens (including phenoxy) is 2. The normalized spacial score (nSPS) is 15.3. The zero-order valence-electron chi connectivity index (χ0n) is 16.9. The summed E-state index contributed by atoms with van der Waals surface area (Å²) in [4.78, 5) is 9.04. The first-order valence-electron chi connectivity index (χ1n) is 9.61. The molecule has 2 aromatic carbocycles. The topological polar surface area (TPSA) is 75.4 Å². The standard InChI is InChI=1S/C21H28FN5O2/c1-28-19-8-5-17(15-20(19)29-2)25-21(23)24-9-10-26-11-13-27(14-12-26)18-6-3-16(22)4-7-18/h3-8,15H,9-14H2,1-2H3,(H3,23,24,25). The van der Waals surface area contributed by atoms with Crippen LogP contribution < -0.4 is 25.4 Å². The van der Waals surface area contributed by atoms with Crippen LogP contribution in [-0.2, 0) is 0 Å². The molecule has 0 amide bonds. The highest BCUT2D eigenvalue weighted by Gasteiger charge is 2.16. The van der Waals surface area contributed by atoms with E-state index in [9.17, 15) is 4.39 Å². The number of guanidine groups is 1. The smallest absolute Gasteiger partial charge is 0.193 e. The molecule has 2 aromatic rings. The average molecular weight is 401 g/mol. The molecule has 1 fully saturated rings. The number of nitrogens with one attached hydrogen (secondary N) is 1. The Morgan fingerprint density at radius 3 is 2.38 bits per heavy atom. The number of rotatable bonds is 7. The Bertz CT molecular complexity index is 820. The van der Waals surface area contributed by atoms with Gasteiger partial charge in [-0.25, -0.2) is 4.39 Å². The van der Waals surface area contributed by atoms with Gasteiger partial charge < -0.3 is 25.4 Å². The molecule has 0 spiro atoms. The van der Waals surface area contributed by atoms with E-state index < -0.39 is 0 Å². The fraction of sp³-hybridized carbons (Fsp3) is 0.381. The van der Waals surface area contributed by atoms with Crippen molar-refractivity contribution in [2.75, 3.05) is 63.7 Å². The molecule has 8 heteroatoms. The molecule has 1 saturated heterocycles. The lowest BCUT2D eigenvalue weighted by atomic mass is 10.2. The van der Waals surface area contributed by atoms with Crippen LogP contribution in [0.15, 0.2) is 47.5 Å². The number of halogens is 1. The Labute approximate surface area is 170 Å². The van der Waals surface area contributed by atoms with Crippen molar-refractivity contribution >= 4 is 17.3 Å². The monoisotopic (exact) mass is 401 g/mol. The molecule has 1 aliphatic heterocycles. The number of benzene rings is 2. The minimum Gasteiger partial charge on any atom is -0.493 e. The molecule has 7 nitrogen and oxygen atoms in total. The summed E-state index contributed by atoms with van der Waals surface area (Å²) in [6.07, 6.45) is 0. The van der Waals surface area contributed by atoms with Crippen molar-refractivity contribution in [2.24, 2.45) is 10.7 Å². The molecule has 0 aliphatic carbocycles. The number of anilines is 2. The van der Waals surface area contributed by atoms with Gasteiger partial charge in [0.1, 0.15) is 5.82 Å². The Morgan fingerprint density at radius 1 is 1.03 bits per heavy atom. The van der Waals surface area contributed by atoms with Crippen molar-refractivity contribution in [3.05, 3.63) is 48.3 Å². The molecular weight excluding hydrogens is 373 g/mol. The van der Waals surface area contributed by atoms with E-state index in [1.165, 1.54) is 12.1 Å². The first-order valence-corrected chi connectivity index (χ1v) is 9.61. The summed E-state index contributed by atoms with van der Waals surface area (Å²) in [5.41, 5.74) is 7.85. The lowest BCUT2D eigenvalue weighted by Gasteiger charge is -2.35. The number of nitrogens with two attached hydrogens (primary N) is 1. The third kappa shape index (κ3) is 5.74. The van der Waals surface area contributed by atoms with E-state index in [1.54, 1.807) is 14.2 Å². The van der Waals surface area contributed by atoms with Gasteiger partial charge >= 0.3 is 0 Å². The third-order valence-electron chi connectivity index (χ3n) is 4.92. The van der Waals surface area contributed by atoms with Gasteiger partial charge in [-0.1, -0.05) is 0 Å². The number of aliphatic imine (C=N–C) groups is 1. The maximum atomic E-state index is 13.1. The van der Waals surface area contributed by atoms with Crippen LogP contribution in [-0.4, -0.2) is 64.3 Å². The molecule has 0 atom stereocenters. The molecule has 0 bridgehead atoms. The summed E-state index contributed by atoms with van der Waals surface area (Å²) in [6, 6.07) is 12.2. The van der Waals surface area contributed by atoms with Crippen LogP contribution in [0.25, 0.3) is 0 Å². The molecule has 3 rings (SSSR count). The van der Waals surface area contributed by atoms with Crippen LogP contribution in [0.4, 0.5) is 15.8 Å². The van der Waals surface area contributed by atoms with Gasteiger partial charge in [0.05, 0.1) is 20.8 Å². The highest BCUT2D eigenvalue weighted by atomic mass is 19.1. The van der Waals surface area contributed by atoms with E-state index in [-0.39, 0.29) is 5.82 Å². The van der Waals surface area contributed by atoms with Crippen molar-refractivity contribution in [3.63, 3.8) is 0 Å². The van der Waals surface area contributed by atoms with Gasteiger partial charge in [0.15, 0.2) is 17.5 Å². The predicted octanol–water partition coefficient (Wildman–Crippen LogP) is 2.39. The number of hydrogen-bond donors (Lipinski definition) is 2. The molecule has 0 saturated carbocycles. The van der Waals surface area contributed by atoms with Crippen LogP contribution in [0.1, 0.15) is 0 Å². The van der Waals surface area contributed by atoms with Crippen LogP contribution >= 0.6 is 0 Å². The van der Waals surface area contributed by atoms with Crippen molar-refractivity contribution in [1.29, 1.82) is 0 Å². The number of nitrogens with zero attached hydrogens (tertiary/aromatic N) is 3. The Hall–Kier alpha value is -3.00. The van der Waals surface area contributed by atoms with E-state index in [2.05, 4.69) is 20.1 Å². The largest absolute Gasteiger partial charge is 0.493 e. The zero-order valence-corrected chi connectivity index (χ0v) is 16.9. The van der Waals surface area contributed by atoms with E-state index in [0.29, 0.717) is 24.0 Å². The van der Waals surface area contributed by atoms with Crippen molar-refractivity contribution in [1.82, 2.24) is 4.90 Å². The molecule has 156 valence electrons. The number of hydrogen-bond acceptors (Lipinski definition) is 5.